The van der Waals surface area contributed by atoms with Crippen LogP contribution < -0.4 is 5.32 Å². The summed E-state index contributed by atoms with van der Waals surface area (Å²) >= 11 is 0. The second-order valence-corrected chi connectivity index (χ2v) is 2.97. The lowest BCUT2D eigenvalue weighted by Gasteiger charge is -2.09. The minimum atomic E-state index is 0.513. The zero-order chi connectivity index (χ0) is 7.28. The number of hydrogen-bond acceptors (Lipinski definition) is 0. The molecule has 0 aliphatic rings. The van der Waals surface area contributed by atoms with Gasteiger partial charge < -0.3 is 0 Å². The van der Waals surface area contributed by atoms with Crippen LogP contribution in [0.3, 0.4) is 0 Å². The largest absolute Gasteiger partial charge is 0.239 e. The van der Waals surface area contributed by atoms with Gasteiger partial charge in [-0.25, -0.2) is 5.32 Å². The minimum absolute atomic E-state index is 0.513. The van der Waals surface area contributed by atoms with E-state index >= 15 is 0 Å². The predicted octanol–water partition coefficient (Wildman–Crippen LogP) is 2.05. The van der Waals surface area contributed by atoms with Gasteiger partial charge in [0.25, 0.3) is 0 Å². The highest BCUT2D eigenvalue weighted by Gasteiger charge is 1.99. The third-order valence-corrected chi connectivity index (χ3v) is 1.48. The Labute approximate surface area is 58.8 Å². The maximum Gasteiger partial charge on any atom is 0.0189 e. The molecule has 0 heterocycles. The minimum Gasteiger partial charge on any atom is -0.239 e. The van der Waals surface area contributed by atoms with E-state index in [0.29, 0.717) is 6.04 Å². The fourth-order valence-corrected chi connectivity index (χ4v) is 0.520. The molecule has 0 spiro atoms. The second-order valence-electron chi connectivity index (χ2n) is 2.97. The van der Waals surface area contributed by atoms with Crippen LogP contribution >= 0.6 is 0 Å². The van der Waals surface area contributed by atoms with Crippen molar-refractivity contribution in [2.75, 3.05) is 6.54 Å². The monoisotopic (exact) mass is 128 g/mol. The summed E-state index contributed by atoms with van der Waals surface area (Å²) in [5, 5.41) is 4.40. The fraction of sp³-hybridized carbons (Fsp3) is 1.00. The average molecular weight is 128 g/mol. The van der Waals surface area contributed by atoms with Gasteiger partial charge in [-0.2, -0.15) is 0 Å². The molecule has 0 aliphatic heterocycles. The molecule has 0 aliphatic carbocycles. The Balaban J connectivity index is 3.06. The van der Waals surface area contributed by atoms with E-state index in [9.17, 15) is 0 Å². The van der Waals surface area contributed by atoms with Crippen LogP contribution in [0, 0.1) is 5.92 Å². The van der Waals surface area contributed by atoms with Gasteiger partial charge in [-0.05, 0) is 19.8 Å². The average Bonchev–Trinajstić information content (AvgIpc) is 1.83. The van der Waals surface area contributed by atoms with Crippen LogP contribution in [0.2, 0.25) is 0 Å². The van der Waals surface area contributed by atoms with Crippen molar-refractivity contribution in [2.45, 2.75) is 40.2 Å². The SMILES string of the molecule is CCC(C)C[N]C(C)C. The highest BCUT2D eigenvalue weighted by Crippen LogP contribution is 1.98. The number of rotatable bonds is 4. The van der Waals surface area contributed by atoms with Gasteiger partial charge >= 0.3 is 0 Å². The molecule has 0 aromatic carbocycles. The van der Waals surface area contributed by atoms with Crippen molar-refractivity contribution in [3.63, 3.8) is 0 Å². The molecule has 0 N–H and O–H groups in total. The molecular weight excluding hydrogens is 110 g/mol. The van der Waals surface area contributed by atoms with Crippen molar-refractivity contribution in [3.8, 4) is 0 Å². The molecular formula is C8H18N. The van der Waals surface area contributed by atoms with Crippen LogP contribution in [0.1, 0.15) is 34.1 Å². The third-order valence-electron chi connectivity index (χ3n) is 1.48. The van der Waals surface area contributed by atoms with E-state index in [2.05, 4.69) is 33.0 Å². The molecule has 1 radical (unpaired) electrons. The molecule has 0 bridgehead atoms. The molecule has 0 aromatic rings. The van der Waals surface area contributed by atoms with E-state index in [1.54, 1.807) is 0 Å². The molecule has 0 rings (SSSR count). The fourth-order valence-electron chi connectivity index (χ4n) is 0.520. The van der Waals surface area contributed by atoms with Crippen molar-refractivity contribution in [1.29, 1.82) is 0 Å². The lowest BCUT2D eigenvalue weighted by molar-refractivity contribution is 0.460. The van der Waals surface area contributed by atoms with Crippen molar-refractivity contribution in [2.24, 2.45) is 5.92 Å². The number of hydrogen-bond donors (Lipinski definition) is 0. The molecule has 9 heavy (non-hydrogen) atoms. The van der Waals surface area contributed by atoms with Crippen molar-refractivity contribution in [1.82, 2.24) is 5.32 Å². The van der Waals surface area contributed by atoms with Crippen LogP contribution in [-0.4, -0.2) is 12.6 Å². The van der Waals surface area contributed by atoms with Gasteiger partial charge in [0.2, 0.25) is 0 Å². The quantitative estimate of drug-likeness (QED) is 0.550. The molecule has 1 heteroatoms. The third kappa shape index (κ3) is 5.84. The van der Waals surface area contributed by atoms with Crippen LogP contribution in [0.5, 0.6) is 0 Å². The van der Waals surface area contributed by atoms with Gasteiger partial charge in [0.15, 0.2) is 0 Å². The van der Waals surface area contributed by atoms with Crippen molar-refractivity contribution in [3.05, 3.63) is 0 Å². The van der Waals surface area contributed by atoms with Gasteiger partial charge in [-0.3, -0.25) is 0 Å². The zero-order valence-electron chi connectivity index (χ0n) is 7.02. The normalized spacial score (nSPS) is 14.3. The Kier molecular flexibility index (Phi) is 4.78. The summed E-state index contributed by atoms with van der Waals surface area (Å²) in [6.07, 6.45) is 1.25. The van der Waals surface area contributed by atoms with Crippen LogP contribution in [-0.2, 0) is 0 Å². The molecule has 1 unspecified atom stereocenters. The Morgan fingerprint density at radius 3 is 2.11 bits per heavy atom. The molecule has 1 nitrogen and oxygen atoms in total. The Hall–Kier alpha value is -0.0400. The first-order valence-electron chi connectivity index (χ1n) is 3.83. The Bertz CT molecular complexity index is 59.6. The van der Waals surface area contributed by atoms with Crippen LogP contribution in [0.15, 0.2) is 0 Å². The van der Waals surface area contributed by atoms with Crippen molar-refractivity contribution >= 4 is 0 Å². The molecule has 0 saturated heterocycles. The first kappa shape index (κ1) is 8.96. The molecule has 55 valence electrons. The maximum absolute atomic E-state index is 4.40. The lowest BCUT2D eigenvalue weighted by atomic mass is 10.1. The first-order valence-corrected chi connectivity index (χ1v) is 3.83. The Morgan fingerprint density at radius 1 is 1.22 bits per heavy atom. The molecule has 1 atom stereocenters. The summed E-state index contributed by atoms with van der Waals surface area (Å²) in [6.45, 7) is 9.74. The van der Waals surface area contributed by atoms with E-state index in [1.807, 2.05) is 0 Å². The van der Waals surface area contributed by atoms with Gasteiger partial charge in [0.05, 0.1) is 0 Å². The number of nitrogens with zero attached hydrogens (tertiary/aromatic N) is 1. The summed E-state index contributed by atoms with van der Waals surface area (Å²) in [7, 11) is 0. The molecule has 0 amide bonds. The van der Waals surface area contributed by atoms with Crippen LogP contribution in [0.25, 0.3) is 0 Å². The van der Waals surface area contributed by atoms with Gasteiger partial charge in [-0.1, -0.05) is 20.3 Å². The molecule has 0 aromatic heterocycles. The first-order chi connectivity index (χ1) is 4.16. The maximum atomic E-state index is 4.40. The summed E-state index contributed by atoms with van der Waals surface area (Å²) in [6, 6.07) is 0.513. The van der Waals surface area contributed by atoms with Crippen LogP contribution in [0.4, 0.5) is 0 Å². The topological polar surface area (TPSA) is 14.1 Å². The van der Waals surface area contributed by atoms with Gasteiger partial charge in [0.1, 0.15) is 0 Å². The van der Waals surface area contributed by atoms with Gasteiger partial charge in [0, 0.05) is 12.6 Å². The zero-order valence-corrected chi connectivity index (χ0v) is 7.02. The summed E-state index contributed by atoms with van der Waals surface area (Å²) in [4.78, 5) is 0. The van der Waals surface area contributed by atoms with E-state index in [4.69, 9.17) is 0 Å². The van der Waals surface area contributed by atoms with E-state index in [1.165, 1.54) is 6.42 Å². The summed E-state index contributed by atoms with van der Waals surface area (Å²) in [5.41, 5.74) is 0. The second kappa shape index (κ2) is 4.80. The Morgan fingerprint density at radius 2 is 1.78 bits per heavy atom. The van der Waals surface area contributed by atoms with E-state index < -0.39 is 0 Å². The summed E-state index contributed by atoms with van der Waals surface area (Å²) < 4.78 is 0. The standard InChI is InChI=1S/C8H18N/c1-5-8(4)6-9-7(2)3/h7-8H,5-6H2,1-4H3. The molecule has 0 fully saturated rings. The molecule has 0 saturated carbocycles. The van der Waals surface area contributed by atoms with Gasteiger partial charge in [-0.15, -0.1) is 0 Å². The lowest BCUT2D eigenvalue weighted by Crippen LogP contribution is -2.20. The predicted molar refractivity (Wildman–Crippen MR) is 41.6 cm³/mol. The van der Waals surface area contributed by atoms with Crippen molar-refractivity contribution < 1.29 is 0 Å². The highest BCUT2D eigenvalue weighted by molar-refractivity contribution is 4.56. The highest BCUT2D eigenvalue weighted by atomic mass is 14.9. The summed E-state index contributed by atoms with van der Waals surface area (Å²) in [5.74, 6) is 0.771. The van der Waals surface area contributed by atoms with E-state index in [0.717, 1.165) is 12.5 Å². The van der Waals surface area contributed by atoms with E-state index in [-0.39, 0.29) is 0 Å². The smallest absolute Gasteiger partial charge is 0.0189 e.